The maximum absolute atomic E-state index is 13.3. The van der Waals surface area contributed by atoms with Crippen LogP contribution in [0.2, 0.25) is 0 Å². The summed E-state index contributed by atoms with van der Waals surface area (Å²) >= 11 is 1.61. The number of amides is 1. The van der Waals surface area contributed by atoms with E-state index in [2.05, 4.69) is 10.4 Å². The first kappa shape index (κ1) is 23.1. The van der Waals surface area contributed by atoms with Gasteiger partial charge in [0.25, 0.3) is 5.91 Å². The lowest BCUT2D eigenvalue weighted by Crippen LogP contribution is -2.22. The summed E-state index contributed by atoms with van der Waals surface area (Å²) in [6, 6.07) is 12.0. The number of carbonyl (C=O) groups is 1. The van der Waals surface area contributed by atoms with E-state index in [0.717, 1.165) is 14.1 Å². The molecule has 0 atom stereocenters. The molecule has 3 aromatic heterocycles. The Morgan fingerprint density at radius 3 is 2.39 bits per heavy atom. The van der Waals surface area contributed by atoms with Crippen LogP contribution in [0, 0.1) is 6.92 Å². The van der Waals surface area contributed by atoms with Crippen molar-refractivity contribution in [1.82, 2.24) is 19.1 Å². The molecule has 33 heavy (non-hydrogen) atoms. The first-order valence-corrected chi connectivity index (χ1v) is 12.6. The number of aromatic nitrogens is 3. The third-order valence-corrected chi connectivity index (χ3v) is 8.04. The fourth-order valence-corrected chi connectivity index (χ4v) is 5.13. The van der Waals surface area contributed by atoms with Crippen LogP contribution in [0.1, 0.15) is 35.1 Å². The Morgan fingerprint density at radius 2 is 1.82 bits per heavy atom. The van der Waals surface area contributed by atoms with Crippen LogP contribution >= 0.6 is 11.3 Å². The van der Waals surface area contributed by atoms with E-state index in [4.69, 9.17) is 4.98 Å². The molecule has 0 radical (unpaired) electrons. The maximum Gasteiger partial charge on any atom is 0.256 e. The second kappa shape index (κ2) is 8.69. The van der Waals surface area contributed by atoms with Gasteiger partial charge in [-0.3, -0.25) is 4.79 Å². The number of pyridine rings is 1. The summed E-state index contributed by atoms with van der Waals surface area (Å²) in [5.41, 5.74) is 2.30. The van der Waals surface area contributed by atoms with Gasteiger partial charge in [-0.1, -0.05) is 0 Å². The Labute approximate surface area is 196 Å². The summed E-state index contributed by atoms with van der Waals surface area (Å²) < 4.78 is 27.5. The maximum atomic E-state index is 13.3. The van der Waals surface area contributed by atoms with Gasteiger partial charge in [-0.25, -0.2) is 22.4 Å². The number of nitrogens with zero attached hydrogens (tertiary/aromatic N) is 4. The van der Waals surface area contributed by atoms with E-state index in [1.807, 2.05) is 32.9 Å². The SMILES string of the molecule is Cc1ccc(-c2cc(C(=O)Nc3ccc(S(=O)(=O)N(C)C)cc3)c3cnn(C(C)C)c3n2)s1. The molecule has 10 heteroatoms. The van der Waals surface area contributed by atoms with Crippen LogP contribution in [0.15, 0.2) is 53.6 Å². The molecule has 1 N–H and O–H groups in total. The smallest absolute Gasteiger partial charge is 0.256 e. The van der Waals surface area contributed by atoms with Crippen molar-refractivity contribution < 1.29 is 13.2 Å². The highest BCUT2D eigenvalue weighted by Gasteiger charge is 2.20. The van der Waals surface area contributed by atoms with Gasteiger partial charge in [0.05, 0.1) is 32.6 Å². The minimum atomic E-state index is -3.54. The monoisotopic (exact) mass is 483 g/mol. The number of hydrogen-bond acceptors (Lipinski definition) is 6. The van der Waals surface area contributed by atoms with Crippen LogP contribution in [0.4, 0.5) is 5.69 Å². The van der Waals surface area contributed by atoms with Gasteiger partial charge in [-0.15, -0.1) is 11.3 Å². The van der Waals surface area contributed by atoms with E-state index in [1.165, 1.54) is 26.2 Å². The van der Waals surface area contributed by atoms with Crippen LogP contribution in [0.3, 0.4) is 0 Å². The molecule has 8 nitrogen and oxygen atoms in total. The van der Waals surface area contributed by atoms with E-state index in [1.54, 1.807) is 40.4 Å². The highest BCUT2D eigenvalue weighted by atomic mass is 32.2. The second-order valence-corrected chi connectivity index (χ2v) is 11.6. The van der Waals surface area contributed by atoms with Crippen molar-refractivity contribution in [2.75, 3.05) is 19.4 Å². The summed E-state index contributed by atoms with van der Waals surface area (Å²) in [5.74, 6) is -0.316. The van der Waals surface area contributed by atoms with Gasteiger partial charge in [0.15, 0.2) is 5.65 Å². The van der Waals surface area contributed by atoms with Crippen LogP contribution in [0.25, 0.3) is 21.6 Å². The van der Waals surface area contributed by atoms with E-state index >= 15 is 0 Å². The van der Waals surface area contributed by atoms with Crippen LogP contribution in [0.5, 0.6) is 0 Å². The molecule has 0 saturated carbocycles. The third kappa shape index (κ3) is 4.41. The molecule has 172 valence electrons. The predicted octanol–water partition coefficient (Wildman–Crippen LogP) is 4.55. The second-order valence-electron chi connectivity index (χ2n) is 8.15. The first-order valence-electron chi connectivity index (χ1n) is 10.4. The van der Waals surface area contributed by atoms with Gasteiger partial charge in [-0.05, 0) is 63.2 Å². The largest absolute Gasteiger partial charge is 0.322 e. The molecule has 0 fully saturated rings. The zero-order valence-corrected chi connectivity index (χ0v) is 20.7. The molecule has 0 spiro atoms. The number of sulfonamides is 1. The van der Waals surface area contributed by atoms with Gasteiger partial charge >= 0.3 is 0 Å². The van der Waals surface area contributed by atoms with Crippen molar-refractivity contribution in [3.63, 3.8) is 0 Å². The van der Waals surface area contributed by atoms with Crippen molar-refractivity contribution in [1.29, 1.82) is 0 Å². The Morgan fingerprint density at radius 1 is 1.12 bits per heavy atom. The number of anilines is 1. The summed E-state index contributed by atoms with van der Waals surface area (Å²) in [6.07, 6.45) is 1.66. The van der Waals surface area contributed by atoms with Crippen molar-refractivity contribution in [3.05, 3.63) is 59.1 Å². The number of carbonyl (C=O) groups excluding carboxylic acids is 1. The number of hydrogen-bond donors (Lipinski definition) is 1. The van der Waals surface area contributed by atoms with E-state index in [-0.39, 0.29) is 16.8 Å². The lowest BCUT2D eigenvalue weighted by molar-refractivity contribution is 0.102. The van der Waals surface area contributed by atoms with Crippen molar-refractivity contribution in [2.45, 2.75) is 31.7 Å². The fraction of sp³-hybridized carbons (Fsp3) is 0.261. The molecule has 0 aliphatic heterocycles. The average Bonchev–Trinajstić information content (AvgIpc) is 3.39. The zero-order chi connectivity index (χ0) is 23.9. The summed E-state index contributed by atoms with van der Waals surface area (Å²) in [5, 5.41) is 7.98. The number of nitrogens with one attached hydrogen (secondary N) is 1. The molecule has 4 aromatic rings. The number of rotatable bonds is 6. The average molecular weight is 484 g/mol. The molecule has 1 amide bonds. The molecule has 1 aromatic carbocycles. The van der Waals surface area contributed by atoms with Crippen LogP contribution in [-0.4, -0.2) is 47.5 Å². The Hall–Kier alpha value is -3.08. The lowest BCUT2D eigenvalue weighted by atomic mass is 10.1. The van der Waals surface area contributed by atoms with Gasteiger partial charge in [-0.2, -0.15) is 5.10 Å². The highest BCUT2D eigenvalue weighted by Crippen LogP contribution is 2.31. The number of aryl methyl sites for hydroxylation is 1. The fourth-order valence-electron chi connectivity index (χ4n) is 3.40. The molecule has 3 heterocycles. The van der Waals surface area contributed by atoms with Gasteiger partial charge in [0, 0.05) is 30.7 Å². The molecule has 0 aliphatic carbocycles. The minimum Gasteiger partial charge on any atom is -0.322 e. The standard InChI is InChI=1S/C23H25N5O3S2/c1-14(2)28-22-19(13-24-28)18(12-20(26-22)21-11-6-15(3)32-21)23(29)25-16-7-9-17(10-8-16)33(30,31)27(4)5/h6-14H,1-5H3,(H,25,29). The van der Waals surface area contributed by atoms with Crippen LogP contribution in [-0.2, 0) is 10.0 Å². The molecule has 0 saturated heterocycles. The van der Waals surface area contributed by atoms with Gasteiger partial charge < -0.3 is 5.32 Å². The number of fused-ring (bicyclic) bond motifs is 1. The Kier molecular flexibility index (Phi) is 6.08. The normalized spacial score (nSPS) is 12.1. The van der Waals surface area contributed by atoms with E-state index in [9.17, 15) is 13.2 Å². The first-order chi connectivity index (χ1) is 15.6. The summed E-state index contributed by atoms with van der Waals surface area (Å²) in [6.45, 7) is 6.05. The Balaban J connectivity index is 1.73. The van der Waals surface area contributed by atoms with Crippen molar-refractivity contribution in [2.24, 2.45) is 0 Å². The van der Waals surface area contributed by atoms with E-state index < -0.39 is 10.0 Å². The summed E-state index contributed by atoms with van der Waals surface area (Å²) in [7, 11) is -0.589. The molecule has 4 rings (SSSR count). The third-order valence-electron chi connectivity index (χ3n) is 5.18. The van der Waals surface area contributed by atoms with E-state index in [0.29, 0.717) is 28.0 Å². The lowest BCUT2D eigenvalue weighted by Gasteiger charge is -2.12. The molecule has 0 aliphatic rings. The predicted molar refractivity (Wildman–Crippen MR) is 131 cm³/mol. The molecular weight excluding hydrogens is 458 g/mol. The minimum absolute atomic E-state index is 0.0809. The molecule has 0 bridgehead atoms. The van der Waals surface area contributed by atoms with Gasteiger partial charge in [0.1, 0.15) is 0 Å². The highest BCUT2D eigenvalue weighted by molar-refractivity contribution is 7.89. The summed E-state index contributed by atoms with van der Waals surface area (Å²) in [4.78, 5) is 20.4. The Bertz CT molecular complexity index is 1430. The number of benzene rings is 1. The number of thiophene rings is 1. The van der Waals surface area contributed by atoms with Crippen LogP contribution < -0.4 is 5.32 Å². The zero-order valence-electron chi connectivity index (χ0n) is 19.0. The van der Waals surface area contributed by atoms with Crippen molar-refractivity contribution >= 4 is 44.0 Å². The topological polar surface area (TPSA) is 97.2 Å². The quantitative estimate of drug-likeness (QED) is 0.434. The molecule has 0 unspecified atom stereocenters. The molecular formula is C23H25N5O3S2. The van der Waals surface area contributed by atoms with Crippen molar-refractivity contribution in [3.8, 4) is 10.6 Å². The van der Waals surface area contributed by atoms with Gasteiger partial charge in [0.2, 0.25) is 10.0 Å².